The van der Waals surface area contributed by atoms with Gasteiger partial charge in [0.1, 0.15) is 0 Å². The van der Waals surface area contributed by atoms with E-state index in [0.717, 1.165) is 11.8 Å². The van der Waals surface area contributed by atoms with E-state index in [0.29, 0.717) is 12.2 Å². The summed E-state index contributed by atoms with van der Waals surface area (Å²) >= 11 is 0. The average Bonchev–Trinajstić information content (AvgIpc) is 2.50. The van der Waals surface area contributed by atoms with Gasteiger partial charge in [0.25, 0.3) is 0 Å². The first-order chi connectivity index (χ1) is 11.2. The van der Waals surface area contributed by atoms with Crippen molar-refractivity contribution < 1.29 is 8.85 Å². The van der Waals surface area contributed by atoms with Gasteiger partial charge < -0.3 is 8.85 Å². The zero-order valence-corrected chi connectivity index (χ0v) is 19.2. The van der Waals surface area contributed by atoms with Gasteiger partial charge in [0.2, 0.25) is 0 Å². The molecule has 0 spiro atoms. The van der Waals surface area contributed by atoms with E-state index < -0.39 is 16.6 Å². The second-order valence-corrected chi connectivity index (χ2v) is 19.1. The van der Waals surface area contributed by atoms with Crippen LogP contribution in [-0.4, -0.2) is 28.8 Å². The maximum atomic E-state index is 6.87. The highest BCUT2D eigenvalue weighted by molar-refractivity contribution is 6.70. The van der Waals surface area contributed by atoms with Crippen LogP contribution in [0.2, 0.25) is 39.3 Å². The average molecular weight is 371 g/mol. The SMILES string of the molecule is C[Si](C)(C)O[C@@H](C1CCCCC1)[C@@H](O[Si](C)(C)C)C1CCCCC1. The van der Waals surface area contributed by atoms with E-state index in [2.05, 4.69) is 39.3 Å². The van der Waals surface area contributed by atoms with Gasteiger partial charge in [-0.15, -0.1) is 0 Å². The molecule has 0 unspecified atom stereocenters. The van der Waals surface area contributed by atoms with Crippen LogP contribution in [0.25, 0.3) is 0 Å². The van der Waals surface area contributed by atoms with Crippen molar-refractivity contribution in [1.82, 2.24) is 0 Å². The van der Waals surface area contributed by atoms with Crippen LogP contribution in [0, 0.1) is 11.8 Å². The van der Waals surface area contributed by atoms with E-state index in [9.17, 15) is 0 Å². The molecule has 2 nitrogen and oxygen atoms in total. The van der Waals surface area contributed by atoms with Crippen LogP contribution in [0.15, 0.2) is 0 Å². The van der Waals surface area contributed by atoms with Crippen molar-refractivity contribution in [3.63, 3.8) is 0 Å². The summed E-state index contributed by atoms with van der Waals surface area (Å²) in [5.74, 6) is 1.46. The number of hydrogen-bond donors (Lipinski definition) is 0. The molecular formula is C20H42O2Si2. The van der Waals surface area contributed by atoms with Gasteiger partial charge in [0.05, 0.1) is 12.2 Å². The third-order valence-electron chi connectivity index (χ3n) is 5.53. The molecule has 0 saturated heterocycles. The second kappa shape index (κ2) is 8.83. The third-order valence-corrected chi connectivity index (χ3v) is 7.49. The Balaban J connectivity index is 2.22. The number of rotatable bonds is 7. The highest BCUT2D eigenvalue weighted by Gasteiger charge is 2.41. The molecule has 4 heteroatoms. The first kappa shape index (κ1) is 20.7. The molecule has 2 aliphatic carbocycles. The molecule has 0 radical (unpaired) electrons. The van der Waals surface area contributed by atoms with Gasteiger partial charge >= 0.3 is 0 Å². The molecule has 2 saturated carbocycles. The Labute approximate surface area is 153 Å². The largest absolute Gasteiger partial charge is 0.412 e. The quantitative estimate of drug-likeness (QED) is 0.471. The van der Waals surface area contributed by atoms with Crippen molar-refractivity contribution in [1.29, 1.82) is 0 Å². The van der Waals surface area contributed by atoms with Crippen LogP contribution in [0.5, 0.6) is 0 Å². The molecule has 0 amide bonds. The summed E-state index contributed by atoms with van der Waals surface area (Å²) in [7, 11) is -3.14. The summed E-state index contributed by atoms with van der Waals surface area (Å²) in [4.78, 5) is 0. The number of hydrogen-bond acceptors (Lipinski definition) is 2. The minimum Gasteiger partial charge on any atom is -0.412 e. The minimum atomic E-state index is -1.57. The molecular weight excluding hydrogens is 328 g/mol. The van der Waals surface area contributed by atoms with Crippen molar-refractivity contribution in [2.24, 2.45) is 11.8 Å². The van der Waals surface area contributed by atoms with Crippen molar-refractivity contribution in [2.45, 2.75) is 116 Å². The molecule has 2 atom stereocenters. The fourth-order valence-corrected chi connectivity index (χ4v) is 6.89. The fourth-order valence-electron chi connectivity index (χ4n) is 4.60. The van der Waals surface area contributed by atoms with E-state index >= 15 is 0 Å². The maximum Gasteiger partial charge on any atom is 0.184 e. The Hall–Kier alpha value is 0.354. The predicted octanol–water partition coefficient (Wildman–Crippen LogP) is 6.59. The summed E-state index contributed by atoms with van der Waals surface area (Å²) in [5.41, 5.74) is 0. The minimum absolute atomic E-state index is 0.354. The van der Waals surface area contributed by atoms with Crippen molar-refractivity contribution in [3.05, 3.63) is 0 Å². The third kappa shape index (κ3) is 6.93. The van der Waals surface area contributed by atoms with Gasteiger partial charge in [-0.1, -0.05) is 38.5 Å². The lowest BCUT2D eigenvalue weighted by molar-refractivity contribution is -0.0423. The van der Waals surface area contributed by atoms with Crippen molar-refractivity contribution in [2.75, 3.05) is 0 Å². The lowest BCUT2D eigenvalue weighted by Gasteiger charge is -2.45. The van der Waals surface area contributed by atoms with Gasteiger partial charge in [-0.3, -0.25) is 0 Å². The Kier molecular flexibility index (Phi) is 7.60. The van der Waals surface area contributed by atoms with Gasteiger partial charge in [0, 0.05) is 0 Å². The summed E-state index contributed by atoms with van der Waals surface area (Å²) in [6, 6.07) is 0. The second-order valence-electron chi connectivity index (χ2n) is 10.2. The first-order valence-corrected chi connectivity index (χ1v) is 17.3. The zero-order chi connectivity index (χ0) is 17.8. The van der Waals surface area contributed by atoms with Crippen molar-refractivity contribution in [3.8, 4) is 0 Å². The molecule has 2 aliphatic rings. The van der Waals surface area contributed by atoms with Gasteiger partial charge in [-0.2, -0.15) is 0 Å². The van der Waals surface area contributed by atoms with Crippen LogP contribution >= 0.6 is 0 Å². The van der Waals surface area contributed by atoms with Crippen molar-refractivity contribution >= 4 is 16.6 Å². The van der Waals surface area contributed by atoms with Crippen LogP contribution < -0.4 is 0 Å². The summed E-state index contributed by atoms with van der Waals surface area (Å²) < 4.78 is 13.7. The fraction of sp³-hybridized carbons (Fsp3) is 1.00. The monoisotopic (exact) mass is 370 g/mol. The van der Waals surface area contributed by atoms with E-state index in [1.165, 1.54) is 64.2 Å². The molecule has 0 aromatic heterocycles. The maximum absolute atomic E-state index is 6.87. The summed E-state index contributed by atoms with van der Waals surface area (Å²) in [5, 5.41) is 0. The zero-order valence-electron chi connectivity index (χ0n) is 17.2. The molecule has 0 heterocycles. The van der Waals surface area contributed by atoms with Crippen LogP contribution in [0.3, 0.4) is 0 Å². The Morgan fingerprint density at radius 3 is 1.08 bits per heavy atom. The molecule has 2 fully saturated rings. The van der Waals surface area contributed by atoms with Crippen LogP contribution in [-0.2, 0) is 8.85 Å². The smallest absolute Gasteiger partial charge is 0.184 e. The van der Waals surface area contributed by atoms with Crippen LogP contribution in [0.4, 0.5) is 0 Å². The van der Waals surface area contributed by atoms with Gasteiger partial charge in [-0.25, -0.2) is 0 Å². The van der Waals surface area contributed by atoms with Gasteiger partial charge in [-0.05, 0) is 76.8 Å². The lowest BCUT2D eigenvalue weighted by Crippen LogP contribution is -2.51. The lowest BCUT2D eigenvalue weighted by atomic mass is 9.77. The molecule has 0 aromatic rings. The molecule has 0 bridgehead atoms. The highest BCUT2D eigenvalue weighted by atomic mass is 28.4. The van der Waals surface area contributed by atoms with E-state index in [1.807, 2.05) is 0 Å². The van der Waals surface area contributed by atoms with Crippen LogP contribution in [0.1, 0.15) is 64.2 Å². The van der Waals surface area contributed by atoms with E-state index in [1.54, 1.807) is 0 Å². The normalized spacial score (nSPS) is 24.8. The molecule has 142 valence electrons. The summed E-state index contributed by atoms with van der Waals surface area (Å²) in [6.45, 7) is 14.1. The highest BCUT2D eigenvalue weighted by Crippen LogP contribution is 2.39. The van der Waals surface area contributed by atoms with E-state index in [4.69, 9.17) is 8.85 Å². The predicted molar refractivity (Wildman–Crippen MR) is 110 cm³/mol. The Morgan fingerprint density at radius 1 is 0.542 bits per heavy atom. The topological polar surface area (TPSA) is 18.5 Å². The Bertz CT molecular complexity index is 325. The molecule has 0 aliphatic heterocycles. The Morgan fingerprint density at radius 2 is 0.833 bits per heavy atom. The summed E-state index contributed by atoms with van der Waals surface area (Å²) in [6.07, 6.45) is 14.5. The molecule has 0 N–H and O–H groups in total. The first-order valence-electron chi connectivity index (χ1n) is 10.5. The molecule has 24 heavy (non-hydrogen) atoms. The molecule has 2 rings (SSSR count). The van der Waals surface area contributed by atoms with E-state index in [-0.39, 0.29) is 0 Å². The molecule has 0 aromatic carbocycles. The standard InChI is InChI=1S/C20H42O2Si2/c1-23(2,3)21-19(17-13-9-7-10-14-17)20(22-24(4,5)6)18-15-11-8-12-16-18/h17-20H,7-16H2,1-6H3/t19-,20-/m0/s1. The van der Waals surface area contributed by atoms with Gasteiger partial charge in [0.15, 0.2) is 16.6 Å².